The van der Waals surface area contributed by atoms with Gasteiger partial charge in [0.05, 0.1) is 16.7 Å². The first-order chi connectivity index (χ1) is 14.2. The van der Waals surface area contributed by atoms with Crippen LogP contribution in [0.25, 0.3) is 22.6 Å². The number of nitrogens with one attached hydrogen (secondary N) is 1. The summed E-state index contributed by atoms with van der Waals surface area (Å²) in [5.41, 5.74) is 5.53. The SMILES string of the molecule is CNc1ncccc1CN1CCCn2nc(-c3nc4ccccc4n3C)cc2C1. The van der Waals surface area contributed by atoms with Gasteiger partial charge in [0.15, 0.2) is 5.82 Å². The number of hydrogen-bond acceptors (Lipinski definition) is 5. The van der Waals surface area contributed by atoms with Crippen LogP contribution < -0.4 is 5.32 Å². The highest BCUT2D eigenvalue weighted by Gasteiger charge is 2.20. The Hall–Kier alpha value is -3.19. The van der Waals surface area contributed by atoms with E-state index in [2.05, 4.69) is 55.8 Å². The molecule has 29 heavy (non-hydrogen) atoms. The Bertz CT molecular complexity index is 1160. The van der Waals surface area contributed by atoms with Crippen molar-refractivity contribution in [3.8, 4) is 11.5 Å². The molecule has 0 radical (unpaired) electrons. The fourth-order valence-corrected chi connectivity index (χ4v) is 4.18. The predicted octanol–water partition coefficient (Wildman–Crippen LogP) is 3.28. The van der Waals surface area contributed by atoms with Crippen LogP contribution in [0.1, 0.15) is 17.7 Å². The Morgan fingerprint density at radius 3 is 2.86 bits per heavy atom. The molecule has 1 aliphatic rings. The maximum Gasteiger partial charge on any atom is 0.161 e. The number of fused-ring (bicyclic) bond motifs is 2. The van der Waals surface area contributed by atoms with E-state index in [1.165, 1.54) is 11.3 Å². The zero-order chi connectivity index (χ0) is 19.8. The van der Waals surface area contributed by atoms with E-state index >= 15 is 0 Å². The third kappa shape index (κ3) is 3.27. The molecule has 3 aromatic heterocycles. The average Bonchev–Trinajstić information content (AvgIpc) is 3.23. The van der Waals surface area contributed by atoms with Gasteiger partial charge >= 0.3 is 0 Å². The Morgan fingerprint density at radius 2 is 2.00 bits per heavy atom. The molecule has 0 saturated heterocycles. The smallest absolute Gasteiger partial charge is 0.161 e. The van der Waals surface area contributed by atoms with Gasteiger partial charge in [0, 0.05) is 52.0 Å². The van der Waals surface area contributed by atoms with Gasteiger partial charge in [-0.3, -0.25) is 9.58 Å². The summed E-state index contributed by atoms with van der Waals surface area (Å²) in [5, 5.41) is 8.09. The monoisotopic (exact) mass is 387 g/mol. The van der Waals surface area contributed by atoms with Crippen molar-refractivity contribution in [2.75, 3.05) is 18.9 Å². The third-order valence-electron chi connectivity index (χ3n) is 5.63. The summed E-state index contributed by atoms with van der Waals surface area (Å²) in [6.07, 6.45) is 2.90. The first-order valence-corrected chi connectivity index (χ1v) is 10.1. The van der Waals surface area contributed by atoms with Gasteiger partial charge in [0.25, 0.3) is 0 Å². The molecule has 7 heteroatoms. The van der Waals surface area contributed by atoms with E-state index in [1.807, 2.05) is 31.4 Å². The molecule has 0 fully saturated rings. The van der Waals surface area contributed by atoms with E-state index < -0.39 is 0 Å². The van der Waals surface area contributed by atoms with Gasteiger partial charge in [-0.1, -0.05) is 18.2 Å². The summed E-state index contributed by atoms with van der Waals surface area (Å²) < 4.78 is 4.28. The largest absolute Gasteiger partial charge is 0.373 e. The van der Waals surface area contributed by atoms with Crippen molar-refractivity contribution in [1.82, 2.24) is 29.2 Å². The zero-order valence-corrected chi connectivity index (χ0v) is 16.8. The van der Waals surface area contributed by atoms with E-state index in [0.29, 0.717) is 0 Å². The van der Waals surface area contributed by atoms with Crippen molar-refractivity contribution in [1.29, 1.82) is 0 Å². The van der Waals surface area contributed by atoms with Gasteiger partial charge in [-0.25, -0.2) is 9.97 Å². The maximum atomic E-state index is 4.89. The molecule has 0 spiro atoms. The number of imidazole rings is 1. The van der Waals surface area contributed by atoms with Crippen LogP contribution in [0.15, 0.2) is 48.7 Å². The number of aromatic nitrogens is 5. The number of aryl methyl sites for hydroxylation is 2. The molecule has 1 N–H and O–H groups in total. The molecule has 148 valence electrons. The van der Waals surface area contributed by atoms with Crippen LogP contribution >= 0.6 is 0 Å². The molecule has 5 rings (SSSR count). The average molecular weight is 387 g/mol. The number of benzene rings is 1. The fraction of sp³-hybridized carbons (Fsp3) is 0.318. The van der Waals surface area contributed by atoms with Gasteiger partial charge < -0.3 is 9.88 Å². The molecule has 0 atom stereocenters. The Kier molecular flexibility index (Phi) is 4.52. The fourth-order valence-electron chi connectivity index (χ4n) is 4.18. The summed E-state index contributed by atoms with van der Waals surface area (Å²) in [5.74, 6) is 1.87. The topological polar surface area (TPSA) is 63.8 Å². The van der Waals surface area contributed by atoms with Crippen molar-refractivity contribution in [2.24, 2.45) is 7.05 Å². The Morgan fingerprint density at radius 1 is 1.10 bits per heavy atom. The standard InChI is InChI=1S/C22H25N7/c1-23-21-16(7-5-10-24-21)14-28-11-6-12-29-17(15-28)13-19(26-29)22-25-18-8-3-4-9-20(18)27(22)2/h3-5,7-10,13H,6,11-12,14-15H2,1-2H3,(H,23,24). The van der Waals surface area contributed by atoms with Crippen LogP contribution in [0.3, 0.4) is 0 Å². The lowest BCUT2D eigenvalue weighted by molar-refractivity contribution is 0.261. The van der Waals surface area contributed by atoms with Gasteiger partial charge in [0.2, 0.25) is 0 Å². The van der Waals surface area contributed by atoms with Crippen LogP contribution in [0.2, 0.25) is 0 Å². The second-order valence-corrected chi connectivity index (χ2v) is 7.55. The maximum absolute atomic E-state index is 4.89. The summed E-state index contributed by atoms with van der Waals surface area (Å²) in [7, 11) is 3.98. The van der Waals surface area contributed by atoms with Crippen LogP contribution in [0, 0.1) is 0 Å². The van der Waals surface area contributed by atoms with Gasteiger partial charge in [0.1, 0.15) is 11.5 Å². The van der Waals surface area contributed by atoms with Gasteiger partial charge in [-0.2, -0.15) is 5.10 Å². The van der Waals surface area contributed by atoms with Crippen LogP contribution in [-0.2, 0) is 26.7 Å². The molecule has 4 heterocycles. The van der Waals surface area contributed by atoms with E-state index in [1.54, 1.807) is 0 Å². The lowest BCUT2D eigenvalue weighted by atomic mass is 10.2. The number of rotatable bonds is 4. The van der Waals surface area contributed by atoms with E-state index in [0.717, 1.165) is 61.0 Å². The van der Waals surface area contributed by atoms with E-state index in [9.17, 15) is 0 Å². The summed E-state index contributed by atoms with van der Waals surface area (Å²) in [6.45, 7) is 3.72. The van der Waals surface area contributed by atoms with Crippen molar-refractivity contribution < 1.29 is 0 Å². The molecular weight excluding hydrogens is 362 g/mol. The van der Waals surface area contributed by atoms with E-state index in [-0.39, 0.29) is 0 Å². The summed E-state index contributed by atoms with van der Waals surface area (Å²) in [4.78, 5) is 11.7. The first-order valence-electron chi connectivity index (χ1n) is 10.1. The van der Waals surface area contributed by atoms with Crippen molar-refractivity contribution in [2.45, 2.75) is 26.1 Å². The lowest BCUT2D eigenvalue weighted by Gasteiger charge is -2.20. The quantitative estimate of drug-likeness (QED) is 0.582. The minimum Gasteiger partial charge on any atom is -0.373 e. The molecule has 0 amide bonds. The molecule has 1 aliphatic heterocycles. The third-order valence-corrected chi connectivity index (χ3v) is 5.63. The molecule has 4 aromatic rings. The minimum atomic E-state index is 0.870. The van der Waals surface area contributed by atoms with Crippen LogP contribution in [0.4, 0.5) is 5.82 Å². The molecule has 7 nitrogen and oxygen atoms in total. The number of para-hydroxylation sites is 2. The molecule has 0 aliphatic carbocycles. The number of hydrogen-bond donors (Lipinski definition) is 1. The lowest BCUT2D eigenvalue weighted by Crippen LogP contribution is -2.23. The summed E-state index contributed by atoms with van der Waals surface area (Å²) in [6, 6.07) is 14.6. The highest BCUT2D eigenvalue weighted by molar-refractivity contribution is 5.79. The normalized spacial score (nSPS) is 14.7. The van der Waals surface area contributed by atoms with Crippen LogP contribution in [0.5, 0.6) is 0 Å². The van der Waals surface area contributed by atoms with Crippen LogP contribution in [-0.4, -0.2) is 42.8 Å². The summed E-state index contributed by atoms with van der Waals surface area (Å²) >= 11 is 0. The van der Waals surface area contributed by atoms with Gasteiger partial charge in [-0.15, -0.1) is 0 Å². The van der Waals surface area contributed by atoms with E-state index in [4.69, 9.17) is 10.1 Å². The minimum absolute atomic E-state index is 0.870. The molecule has 1 aromatic carbocycles. The highest BCUT2D eigenvalue weighted by Crippen LogP contribution is 2.25. The Labute approximate surface area is 170 Å². The molecule has 0 bridgehead atoms. The zero-order valence-electron chi connectivity index (χ0n) is 16.8. The van der Waals surface area contributed by atoms with Gasteiger partial charge in [-0.05, 0) is 30.7 Å². The molecule has 0 saturated carbocycles. The Balaban J connectivity index is 1.44. The number of anilines is 1. The van der Waals surface area contributed by atoms with Crippen molar-refractivity contribution >= 4 is 16.9 Å². The highest BCUT2D eigenvalue weighted by atomic mass is 15.3. The molecule has 0 unspecified atom stereocenters. The number of pyridine rings is 1. The van der Waals surface area contributed by atoms with Crippen molar-refractivity contribution in [3.05, 3.63) is 59.9 Å². The first kappa shape index (κ1) is 17.9. The second-order valence-electron chi connectivity index (χ2n) is 7.55. The predicted molar refractivity (Wildman–Crippen MR) is 114 cm³/mol. The van der Waals surface area contributed by atoms with Crippen molar-refractivity contribution in [3.63, 3.8) is 0 Å². The second kappa shape index (κ2) is 7.33. The molecular formula is C22H25N7. The number of nitrogens with zero attached hydrogens (tertiary/aromatic N) is 6.